The molecule has 0 saturated carbocycles. The minimum absolute atomic E-state index is 0.334. The third kappa shape index (κ3) is 3.33. The Morgan fingerprint density at radius 3 is 2.65 bits per heavy atom. The third-order valence-corrected chi connectivity index (χ3v) is 2.96. The molecule has 1 unspecified atom stereocenters. The molecule has 0 bridgehead atoms. The number of aliphatic carboxylic acids is 1. The zero-order chi connectivity index (χ0) is 13.1. The predicted molar refractivity (Wildman–Crippen MR) is 66.9 cm³/mol. The lowest BCUT2D eigenvalue weighted by atomic mass is 9.96. The topological polar surface area (TPSA) is 82.2 Å². The van der Waals surface area contributed by atoms with Gasteiger partial charge in [0.05, 0.1) is 0 Å². The summed E-state index contributed by atoms with van der Waals surface area (Å²) < 4.78 is 0.746. The Morgan fingerprint density at radius 1 is 1.59 bits per heavy atom. The summed E-state index contributed by atoms with van der Waals surface area (Å²) in [5.41, 5.74) is -0.899. The minimum Gasteiger partial charge on any atom is -0.480 e. The molecule has 1 heterocycles. The van der Waals surface area contributed by atoms with Gasteiger partial charge in [0.15, 0.2) is 0 Å². The van der Waals surface area contributed by atoms with E-state index in [-0.39, 0.29) is 0 Å². The molecule has 17 heavy (non-hydrogen) atoms. The van der Waals surface area contributed by atoms with Crippen LogP contribution in [0, 0.1) is 0 Å². The average Bonchev–Trinajstić information content (AvgIpc) is 2.65. The second-order valence-electron chi connectivity index (χ2n) is 4.07. The first kappa shape index (κ1) is 13.8. The van der Waals surface area contributed by atoms with Crippen molar-refractivity contribution in [2.45, 2.75) is 32.2 Å². The number of H-pyrrole nitrogens is 1. The van der Waals surface area contributed by atoms with Gasteiger partial charge in [0.25, 0.3) is 5.91 Å². The van der Waals surface area contributed by atoms with E-state index in [1.807, 2.05) is 6.92 Å². The second-order valence-corrected chi connectivity index (χ2v) is 4.99. The van der Waals surface area contributed by atoms with Gasteiger partial charge >= 0.3 is 5.97 Å². The van der Waals surface area contributed by atoms with Crippen LogP contribution in [0.2, 0.25) is 0 Å². The number of amides is 1. The Labute approximate surface area is 108 Å². The molecule has 0 aromatic carbocycles. The maximum atomic E-state index is 11.8. The van der Waals surface area contributed by atoms with Gasteiger partial charge in [-0.25, -0.2) is 4.79 Å². The number of carboxylic acids is 1. The lowest BCUT2D eigenvalue weighted by molar-refractivity contribution is -0.144. The van der Waals surface area contributed by atoms with E-state index in [1.165, 1.54) is 6.92 Å². The molecule has 1 rings (SSSR count). The largest absolute Gasteiger partial charge is 0.480 e. The van der Waals surface area contributed by atoms with Gasteiger partial charge in [-0.1, -0.05) is 13.3 Å². The summed E-state index contributed by atoms with van der Waals surface area (Å²) in [7, 11) is 0. The van der Waals surface area contributed by atoms with E-state index in [1.54, 1.807) is 12.3 Å². The van der Waals surface area contributed by atoms with Crippen LogP contribution in [0.25, 0.3) is 0 Å². The van der Waals surface area contributed by atoms with Crippen LogP contribution >= 0.6 is 15.9 Å². The van der Waals surface area contributed by atoms with Gasteiger partial charge in [-0.2, -0.15) is 0 Å². The first-order chi connectivity index (χ1) is 7.89. The highest BCUT2D eigenvalue weighted by molar-refractivity contribution is 9.10. The molecule has 0 spiro atoms. The predicted octanol–water partition coefficient (Wildman–Crippen LogP) is 2.15. The lowest BCUT2D eigenvalue weighted by Gasteiger charge is -2.25. The summed E-state index contributed by atoms with van der Waals surface area (Å²) in [6, 6.07) is 1.60. The average molecular weight is 303 g/mol. The highest BCUT2D eigenvalue weighted by Gasteiger charge is 2.34. The number of aromatic nitrogens is 1. The molecule has 1 atom stereocenters. The number of carboxylic acid groups (broad SMARTS) is 1. The Morgan fingerprint density at radius 2 is 2.24 bits per heavy atom. The van der Waals surface area contributed by atoms with Crippen LogP contribution in [0.3, 0.4) is 0 Å². The Bertz CT molecular complexity index is 430. The van der Waals surface area contributed by atoms with Crippen molar-refractivity contribution in [1.82, 2.24) is 10.3 Å². The summed E-state index contributed by atoms with van der Waals surface area (Å²) >= 11 is 3.21. The zero-order valence-electron chi connectivity index (χ0n) is 9.71. The van der Waals surface area contributed by atoms with Crippen LogP contribution in [0.5, 0.6) is 0 Å². The van der Waals surface area contributed by atoms with Gasteiger partial charge in [0.1, 0.15) is 11.2 Å². The maximum Gasteiger partial charge on any atom is 0.329 e. The van der Waals surface area contributed by atoms with Crippen molar-refractivity contribution in [3.8, 4) is 0 Å². The van der Waals surface area contributed by atoms with E-state index in [0.717, 1.165) is 4.47 Å². The van der Waals surface area contributed by atoms with Crippen LogP contribution in [-0.2, 0) is 4.79 Å². The summed E-state index contributed by atoms with van der Waals surface area (Å²) in [6.07, 6.45) is 2.68. The number of carbonyl (C=O) groups is 2. The number of hydrogen-bond donors (Lipinski definition) is 3. The molecule has 0 aliphatic carbocycles. The SMILES string of the molecule is CCCC(C)(NC(=O)c1cc(Br)c[nH]1)C(=O)O. The molecule has 1 aromatic rings. The molecule has 0 fully saturated rings. The van der Waals surface area contributed by atoms with Crippen LogP contribution in [0.1, 0.15) is 37.2 Å². The second kappa shape index (κ2) is 5.35. The number of carbonyl (C=O) groups excluding carboxylic acids is 1. The van der Waals surface area contributed by atoms with Crippen LogP contribution in [-0.4, -0.2) is 27.5 Å². The van der Waals surface area contributed by atoms with Crippen LogP contribution in [0.15, 0.2) is 16.7 Å². The molecule has 6 heteroatoms. The normalized spacial score (nSPS) is 14.1. The molecule has 5 nitrogen and oxygen atoms in total. The van der Waals surface area contributed by atoms with Gasteiger partial charge in [0.2, 0.25) is 0 Å². The van der Waals surface area contributed by atoms with E-state index in [2.05, 4.69) is 26.2 Å². The molecule has 94 valence electrons. The highest BCUT2D eigenvalue weighted by atomic mass is 79.9. The van der Waals surface area contributed by atoms with Crippen molar-refractivity contribution in [3.05, 3.63) is 22.4 Å². The van der Waals surface area contributed by atoms with E-state index in [9.17, 15) is 9.59 Å². The van der Waals surface area contributed by atoms with Crippen LogP contribution < -0.4 is 5.32 Å². The lowest BCUT2D eigenvalue weighted by Crippen LogP contribution is -2.52. The van der Waals surface area contributed by atoms with Gasteiger partial charge < -0.3 is 15.4 Å². The third-order valence-electron chi connectivity index (χ3n) is 2.50. The molecule has 0 saturated heterocycles. The van der Waals surface area contributed by atoms with E-state index in [4.69, 9.17) is 5.11 Å². The van der Waals surface area contributed by atoms with E-state index < -0.39 is 17.4 Å². The molecule has 3 N–H and O–H groups in total. The number of halogens is 1. The molecule has 0 aliphatic rings. The van der Waals surface area contributed by atoms with Gasteiger partial charge in [-0.3, -0.25) is 4.79 Å². The summed E-state index contributed by atoms with van der Waals surface area (Å²) in [4.78, 5) is 25.7. The minimum atomic E-state index is -1.23. The zero-order valence-corrected chi connectivity index (χ0v) is 11.3. The van der Waals surface area contributed by atoms with Crippen molar-refractivity contribution >= 4 is 27.8 Å². The molecule has 1 aromatic heterocycles. The number of rotatable bonds is 5. The highest BCUT2D eigenvalue weighted by Crippen LogP contribution is 2.15. The first-order valence-electron chi connectivity index (χ1n) is 5.29. The molecular formula is C11H15BrN2O3. The summed E-state index contributed by atoms with van der Waals surface area (Å²) in [6.45, 7) is 3.38. The van der Waals surface area contributed by atoms with E-state index in [0.29, 0.717) is 18.5 Å². The van der Waals surface area contributed by atoms with Crippen molar-refractivity contribution in [2.75, 3.05) is 0 Å². The summed E-state index contributed by atoms with van der Waals surface area (Å²) in [5, 5.41) is 11.7. The smallest absolute Gasteiger partial charge is 0.329 e. The number of aromatic amines is 1. The molecule has 0 radical (unpaired) electrons. The fourth-order valence-electron chi connectivity index (χ4n) is 1.54. The Hall–Kier alpha value is -1.30. The maximum absolute atomic E-state index is 11.8. The van der Waals surface area contributed by atoms with E-state index >= 15 is 0 Å². The summed E-state index contributed by atoms with van der Waals surface area (Å²) in [5.74, 6) is -1.45. The van der Waals surface area contributed by atoms with Crippen molar-refractivity contribution in [2.24, 2.45) is 0 Å². The van der Waals surface area contributed by atoms with Crippen molar-refractivity contribution < 1.29 is 14.7 Å². The quantitative estimate of drug-likeness (QED) is 0.779. The number of nitrogens with one attached hydrogen (secondary N) is 2. The van der Waals surface area contributed by atoms with Gasteiger partial charge in [-0.05, 0) is 35.3 Å². The number of hydrogen-bond acceptors (Lipinski definition) is 2. The van der Waals surface area contributed by atoms with Crippen LogP contribution in [0.4, 0.5) is 0 Å². The fraction of sp³-hybridized carbons (Fsp3) is 0.455. The fourth-order valence-corrected chi connectivity index (χ4v) is 1.88. The molecule has 0 aliphatic heterocycles. The van der Waals surface area contributed by atoms with Gasteiger partial charge in [-0.15, -0.1) is 0 Å². The van der Waals surface area contributed by atoms with Crippen molar-refractivity contribution in [1.29, 1.82) is 0 Å². The standard InChI is InChI=1S/C11H15BrN2O3/c1-3-4-11(2,10(16)17)14-9(15)8-5-7(12)6-13-8/h5-6,13H,3-4H2,1-2H3,(H,14,15)(H,16,17). The van der Waals surface area contributed by atoms with Gasteiger partial charge in [0, 0.05) is 10.7 Å². The molecule has 1 amide bonds. The molecular weight excluding hydrogens is 288 g/mol. The Kier molecular flexibility index (Phi) is 4.34. The first-order valence-corrected chi connectivity index (χ1v) is 6.08. The monoisotopic (exact) mass is 302 g/mol. The Balaban J connectivity index is 2.81. The van der Waals surface area contributed by atoms with Crippen molar-refractivity contribution in [3.63, 3.8) is 0 Å².